The highest BCUT2D eigenvalue weighted by Gasteiger charge is 2.35. The molecule has 0 aromatic carbocycles. The first kappa shape index (κ1) is 15.5. The molecule has 0 aliphatic carbocycles. The van der Waals surface area contributed by atoms with Crippen LogP contribution in [0.1, 0.15) is 16.1 Å². The minimum atomic E-state index is -4.86. The predicted octanol–water partition coefficient (Wildman–Crippen LogP) is -0.299. The lowest BCUT2D eigenvalue weighted by Crippen LogP contribution is -2.36. The number of halogens is 3. The Morgan fingerprint density at radius 1 is 1.36 bits per heavy atom. The molecule has 0 saturated carbocycles. The molecule has 2 aromatic heterocycles. The number of anilines is 1. The van der Waals surface area contributed by atoms with E-state index in [0.717, 1.165) is 17.9 Å². The van der Waals surface area contributed by atoms with Crippen LogP contribution in [0.4, 0.5) is 19.1 Å². The Bertz CT molecular complexity index is 766. The monoisotopic (exact) mass is 318 g/mol. The Kier molecular flexibility index (Phi) is 3.84. The number of nitrogens with one attached hydrogen (secondary N) is 1. The van der Waals surface area contributed by atoms with Crippen LogP contribution in [-0.4, -0.2) is 38.0 Å². The summed E-state index contributed by atoms with van der Waals surface area (Å²) in [4.78, 5) is 28.3. The van der Waals surface area contributed by atoms with Crippen molar-refractivity contribution in [2.75, 3.05) is 12.4 Å². The van der Waals surface area contributed by atoms with Crippen molar-refractivity contribution in [2.24, 2.45) is 7.05 Å². The quantitative estimate of drug-likeness (QED) is 0.833. The van der Waals surface area contributed by atoms with Gasteiger partial charge in [0, 0.05) is 7.05 Å². The SMILES string of the molecule is COn1c(C(=O)Nc2nnnn2C)ccc(C(F)(F)F)c1=O. The third kappa shape index (κ3) is 2.75. The summed E-state index contributed by atoms with van der Waals surface area (Å²) >= 11 is 0. The Morgan fingerprint density at radius 2 is 2.05 bits per heavy atom. The summed E-state index contributed by atoms with van der Waals surface area (Å²) in [6.07, 6.45) is -4.86. The molecular weight excluding hydrogens is 309 g/mol. The van der Waals surface area contributed by atoms with Crippen LogP contribution in [0.15, 0.2) is 16.9 Å². The second kappa shape index (κ2) is 5.46. The number of alkyl halides is 3. The summed E-state index contributed by atoms with van der Waals surface area (Å²) in [5.74, 6) is -0.967. The van der Waals surface area contributed by atoms with Gasteiger partial charge >= 0.3 is 6.18 Å². The van der Waals surface area contributed by atoms with Crippen LogP contribution in [0.3, 0.4) is 0 Å². The first-order valence-electron chi connectivity index (χ1n) is 5.67. The van der Waals surface area contributed by atoms with E-state index in [1.807, 2.05) is 0 Å². The minimum Gasteiger partial charge on any atom is -0.413 e. The average molecular weight is 318 g/mol. The number of aromatic nitrogens is 5. The lowest BCUT2D eigenvalue weighted by Gasteiger charge is -2.13. The van der Waals surface area contributed by atoms with Gasteiger partial charge in [-0.25, -0.2) is 4.68 Å². The molecule has 0 aliphatic heterocycles. The van der Waals surface area contributed by atoms with Gasteiger partial charge in [0.15, 0.2) is 0 Å². The molecule has 0 bridgehead atoms. The third-order valence-electron chi connectivity index (χ3n) is 2.61. The third-order valence-corrected chi connectivity index (χ3v) is 2.61. The maximum Gasteiger partial charge on any atom is 0.421 e. The molecule has 0 aliphatic rings. The molecule has 0 atom stereocenters. The summed E-state index contributed by atoms with van der Waals surface area (Å²) in [6.45, 7) is 0. The molecule has 0 spiro atoms. The molecule has 0 unspecified atom stereocenters. The fourth-order valence-electron chi connectivity index (χ4n) is 1.59. The maximum atomic E-state index is 12.7. The molecular formula is C10H9F3N6O3. The normalized spacial score (nSPS) is 11.3. The summed E-state index contributed by atoms with van der Waals surface area (Å²) < 4.78 is 39.3. The number of hydrogen-bond acceptors (Lipinski definition) is 6. The topological polar surface area (TPSA) is 104 Å². The number of carbonyl (C=O) groups excluding carboxylic acids is 1. The zero-order valence-corrected chi connectivity index (χ0v) is 11.2. The first-order chi connectivity index (χ1) is 10.3. The number of amides is 1. The predicted molar refractivity (Wildman–Crippen MR) is 65.0 cm³/mol. The fourth-order valence-corrected chi connectivity index (χ4v) is 1.59. The van der Waals surface area contributed by atoms with Crippen LogP contribution in [0.25, 0.3) is 0 Å². The Labute approximate surface area is 120 Å². The van der Waals surface area contributed by atoms with Crippen molar-refractivity contribution < 1.29 is 22.8 Å². The largest absolute Gasteiger partial charge is 0.421 e. The summed E-state index contributed by atoms with van der Waals surface area (Å²) in [7, 11) is 2.40. The van der Waals surface area contributed by atoms with E-state index >= 15 is 0 Å². The number of hydrogen-bond donors (Lipinski definition) is 1. The van der Waals surface area contributed by atoms with Crippen LogP contribution >= 0.6 is 0 Å². The van der Waals surface area contributed by atoms with Crippen molar-refractivity contribution in [3.8, 4) is 0 Å². The molecule has 118 valence electrons. The summed E-state index contributed by atoms with van der Waals surface area (Å²) in [6, 6.07) is 1.31. The lowest BCUT2D eigenvalue weighted by molar-refractivity contribution is -0.139. The molecule has 0 saturated heterocycles. The van der Waals surface area contributed by atoms with Crippen molar-refractivity contribution in [2.45, 2.75) is 6.18 Å². The molecule has 2 heterocycles. The van der Waals surface area contributed by atoms with E-state index in [1.165, 1.54) is 7.05 Å². The molecule has 9 nitrogen and oxygen atoms in total. The van der Waals surface area contributed by atoms with E-state index in [0.29, 0.717) is 6.07 Å². The number of rotatable bonds is 3. The number of carbonyl (C=O) groups is 1. The molecule has 1 amide bonds. The Balaban J connectivity index is 2.44. The van der Waals surface area contributed by atoms with E-state index in [2.05, 4.69) is 25.7 Å². The average Bonchev–Trinajstić information content (AvgIpc) is 2.82. The van der Waals surface area contributed by atoms with Gasteiger partial charge in [0.2, 0.25) is 5.95 Å². The van der Waals surface area contributed by atoms with Gasteiger partial charge in [-0.05, 0) is 22.6 Å². The number of pyridine rings is 1. The maximum absolute atomic E-state index is 12.7. The second-order valence-electron chi connectivity index (χ2n) is 3.99. The van der Waals surface area contributed by atoms with E-state index in [1.54, 1.807) is 0 Å². The highest BCUT2D eigenvalue weighted by molar-refractivity contribution is 6.02. The molecule has 0 radical (unpaired) electrons. The van der Waals surface area contributed by atoms with E-state index in [4.69, 9.17) is 0 Å². The van der Waals surface area contributed by atoms with Gasteiger partial charge < -0.3 is 4.84 Å². The van der Waals surface area contributed by atoms with Gasteiger partial charge in [-0.15, -0.1) is 4.73 Å². The van der Waals surface area contributed by atoms with Crippen molar-refractivity contribution >= 4 is 11.9 Å². The molecule has 12 heteroatoms. The van der Waals surface area contributed by atoms with Crippen LogP contribution in [0.2, 0.25) is 0 Å². The van der Waals surface area contributed by atoms with E-state index < -0.39 is 28.9 Å². The summed E-state index contributed by atoms with van der Waals surface area (Å²) in [5, 5.41) is 12.4. The minimum absolute atomic E-state index is 0.0556. The Hall–Kier alpha value is -2.92. The van der Waals surface area contributed by atoms with Gasteiger partial charge in [0.25, 0.3) is 11.5 Å². The number of aryl methyl sites for hydroxylation is 1. The Morgan fingerprint density at radius 3 is 2.55 bits per heavy atom. The zero-order chi connectivity index (χ0) is 16.5. The first-order valence-corrected chi connectivity index (χ1v) is 5.67. The van der Waals surface area contributed by atoms with Crippen molar-refractivity contribution in [3.05, 3.63) is 33.7 Å². The van der Waals surface area contributed by atoms with Crippen molar-refractivity contribution in [1.82, 2.24) is 24.9 Å². The zero-order valence-electron chi connectivity index (χ0n) is 11.2. The second-order valence-corrected chi connectivity index (χ2v) is 3.99. The van der Waals surface area contributed by atoms with Crippen molar-refractivity contribution in [3.63, 3.8) is 0 Å². The van der Waals surface area contributed by atoms with Gasteiger partial charge in [0.1, 0.15) is 18.4 Å². The highest BCUT2D eigenvalue weighted by Crippen LogP contribution is 2.26. The molecule has 22 heavy (non-hydrogen) atoms. The van der Waals surface area contributed by atoms with Crippen molar-refractivity contribution in [1.29, 1.82) is 0 Å². The van der Waals surface area contributed by atoms with Gasteiger partial charge in [0.05, 0.1) is 0 Å². The van der Waals surface area contributed by atoms with Crippen LogP contribution in [-0.2, 0) is 13.2 Å². The highest BCUT2D eigenvalue weighted by atomic mass is 19.4. The lowest BCUT2D eigenvalue weighted by atomic mass is 10.2. The smallest absolute Gasteiger partial charge is 0.413 e. The number of nitrogens with zero attached hydrogens (tertiary/aromatic N) is 5. The van der Waals surface area contributed by atoms with E-state index in [-0.39, 0.29) is 10.7 Å². The molecule has 2 rings (SSSR count). The van der Waals surface area contributed by atoms with Crippen LogP contribution < -0.4 is 15.7 Å². The van der Waals surface area contributed by atoms with Crippen LogP contribution in [0, 0.1) is 0 Å². The van der Waals surface area contributed by atoms with Gasteiger partial charge in [-0.1, -0.05) is 5.10 Å². The standard InChI is InChI=1S/C10H9F3N6O3/c1-18-9(15-16-17-18)14-7(20)6-4-3-5(10(11,12)13)8(21)19(6)22-2/h3-4H,1-2H3,(H,14,15,17,20). The fraction of sp³-hybridized carbons (Fsp3) is 0.300. The van der Waals surface area contributed by atoms with Gasteiger partial charge in [-0.3, -0.25) is 14.9 Å². The van der Waals surface area contributed by atoms with Crippen LogP contribution in [0.5, 0.6) is 0 Å². The van der Waals surface area contributed by atoms with E-state index in [9.17, 15) is 22.8 Å². The van der Waals surface area contributed by atoms with Gasteiger partial charge in [-0.2, -0.15) is 13.2 Å². The molecule has 2 aromatic rings. The summed E-state index contributed by atoms with van der Waals surface area (Å²) in [5.41, 5.74) is -3.39. The molecule has 1 N–H and O–H groups in total. The molecule has 0 fully saturated rings. The number of tetrazole rings is 1.